The van der Waals surface area contributed by atoms with E-state index in [4.69, 9.17) is 9.47 Å². The van der Waals surface area contributed by atoms with Gasteiger partial charge in [-0.05, 0) is 55.0 Å². The Morgan fingerprint density at radius 2 is 1.71 bits per heavy atom. The molecule has 1 aliphatic carbocycles. The second kappa shape index (κ2) is 6.12. The van der Waals surface area contributed by atoms with E-state index < -0.39 is 5.79 Å². The topological polar surface area (TPSA) is 18.5 Å². The number of hydrogen-bond donors (Lipinski definition) is 0. The van der Waals surface area contributed by atoms with E-state index in [1.807, 2.05) is 12.1 Å². The minimum atomic E-state index is -0.758. The van der Waals surface area contributed by atoms with Crippen LogP contribution in [0.3, 0.4) is 0 Å². The molecule has 3 aromatic carbocycles. The lowest BCUT2D eigenvalue weighted by molar-refractivity contribution is -0.149. The van der Waals surface area contributed by atoms with Crippen molar-refractivity contribution < 1.29 is 9.47 Å². The van der Waals surface area contributed by atoms with Gasteiger partial charge in [0.15, 0.2) is 0 Å². The highest BCUT2D eigenvalue weighted by Crippen LogP contribution is 2.56. The summed E-state index contributed by atoms with van der Waals surface area (Å²) in [5.41, 5.74) is 6.50. The molecule has 6 rings (SSSR count). The minimum absolute atomic E-state index is 0.275. The zero-order chi connectivity index (χ0) is 18.7. The van der Waals surface area contributed by atoms with Crippen LogP contribution in [0.2, 0.25) is 0 Å². The van der Waals surface area contributed by atoms with Gasteiger partial charge in [-0.2, -0.15) is 0 Å². The SMILES string of the molecule is Brc1ccc2c(c1)[C@@H]1C[C@](c3ccccc3)(O2)Oc2c1ccc1c2CCCC1. The van der Waals surface area contributed by atoms with Crippen LogP contribution >= 0.6 is 15.9 Å². The predicted molar refractivity (Wildman–Crippen MR) is 113 cm³/mol. The standard InChI is InChI=1S/C25H21BrO2/c26-18-11-13-23-21(14-18)22-15-25(27-23,17-7-2-1-3-8-17)28-24-19-9-5-4-6-16(19)10-12-20(22)24/h1-3,7-8,10-14,22H,4-6,9,15H2/t22-,25+/m1/s1. The molecule has 0 fully saturated rings. The van der Waals surface area contributed by atoms with Crippen LogP contribution in [0, 0.1) is 0 Å². The van der Waals surface area contributed by atoms with Crippen molar-refractivity contribution in [3.63, 3.8) is 0 Å². The van der Waals surface area contributed by atoms with E-state index in [-0.39, 0.29) is 5.92 Å². The molecule has 3 heteroatoms. The number of aryl methyl sites for hydroxylation is 1. The average Bonchev–Trinajstić information content (AvgIpc) is 2.75. The third-order valence-corrected chi connectivity index (χ3v) is 6.96. The smallest absolute Gasteiger partial charge is 0.278 e. The maximum Gasteiger partial charge on any atom is 0.278 e. The van der Waals surface area contributed by atoms with Gasteiger partial charge in [0, 0.05) is 33.5 Å². The molecule has 2 atom stereocenters. The Labute approximate surface area is 173 Å². The van der Waals surface area contributed by atoms with Gasteiger partial charge in [-0.25, -0.2) is 0 Å². The van der Waals surface area contributed by atoms with Crippen LogP contribution in [-0.2, 0) is 18.6 Å². The normalized spacial score (nSPS) is 24.2. The average molecular weight is 433 g/mol. The molecule has 0 saturated heterocycles. The fraction of sp³-hybridized carbons (Fsp3) is 0.280. The molecule has 28 heavy (non-hydrogen) atoms. The summed E-state index contributed by atoms with van der Waals surface area (Å²) in [4.78, 5) is 0. The largest absolute Gasteiger partial charge is 0.448 e. The van der Waals surface area contributed by atoms with Crippen molar-refractivity contribution >= 4 is 15.9 Å². The van der Waals surface area contributed by atoms with Crippen molar-refractivity contribution in [2.24, 2.45) is 0 Å². The Hall–Kier alpha value is -2.26. The second-order valence-corrected chi connectivity index (χ2v) is 9.01. The van der Waals surface area contributed by atoms with E-state index in [9.17, 15) is 0 Å². The fourth-order valence-corrected chi connectivity index (χ4v) is 5.50. The van der Waals surface area contributed by atoms with E-state index in [0.717, 1.165) is 40.8 Å². The Balaban J connectivity index is 1.62. The molecular formula is C25H21BrO2. The molecule has 2 heterocycles. The maximum atomic E-state index is 6.83. The van der Waals surface area contributed by atoms with Crippen molar-refractivity contribution in [1.82, 2.24) is 0 Å². The van der Waals surface area contributed by atoms with Gasteiger partial charge >= 0.3 is 0 Å². The Morgan fingerprint density at radius 1 is 0.857 bits per heavy atom. The molecule has 0 amide bonds. The number of ether oxygens (including phenoxy) is 2. The summed E-state index contributed by atoms with van der Waals surface area (Å²) < 4.78 is 14.6. The Bertz CT molecular complexity index is 1080. The molecule has 2 bridgehead atoms. The Morgan fingerprint density at radius 3 is 2.61 bits per heavy atom. The van der Waals surface area contributed by atoms with E-state index >= 15 is 0 Å². The van der Waals surface area contributed by atoms with Crippen LogP contribution in [-0.4, -0.2) is 0 Å². The number of hydrogen-bond acceptors (Lipinski definition) is 2. The summed E-state index contributed by atoms with van der Waals surface area (Å²) in [6.45, 7) is 0. The van der Waals surface area contributed by atoms with Crippen molar-refractivity contribution in [3.8, 4) is 11.5 Å². The maximum absolute atomic E-state index is 6.83. The van der Waals surface area contributed by atoms with Crippen molar-refractivity contribution in [3.05, 3.63) is 93.0 Å². The van der Waals surface area contributed by atoms with E-state index in [1.54, 1.807) is 0 Å². The van der Waals surface area contributed by atoms with Gasteiger partial charge in [-0.1, -0.05) is 58.4 Å². The molecule has 3 aliphatic rings. The van der Waals surface area contributed by atoms with Gasteiger partial charge in [-0.3, -0.25) is 0 Å². The van der Waals surface area contributed by atoms with Crippen molar-refractivity contribution in [2.45, 2.75) is 43.8 Å². The highest BCUT2D eigenvalue weighted by atomic mass is 79.9. The molecule has 0 unspecified atom stereocenters. The van der Waals surface area contributed by atoms with Gasteiger partial charge in [0.25, 0.3) is 5.79 Å². The fourth-order valence-electron chi connectivity index (χ4n) is 5.12. The second-order valence-electron chi connectivity index (χ2n) is 8.09. The van der Waals surface area contributed by atoms with Gasteiger partial charge in [0.1, 0.15) is 11.5 Å². The van der Waals surface area contributed by atoms with E-state index in [2.05, 4.69) is 64.5 Å². The number of fused-ring (bicyclic) bond motifs is 8. The first-order valence-electron chi connectivity index (χ1n) is 10.1. The lowest BCUT2D eigenvalue weighted by Crippen LogP contribution is -2.47. The molecule has 0 radical (unpaired) electrons. The number of rotatable bonds is 1. The highest BCUT2D eigenvalue weighted by molar-refractivity contribution is 9.10. The highest BCUT2D eigenvalue weighted by Gasteiger charge is 2.50. The minimum Gasteiger partial charge on any atom is -0.448 e. The first-order valence-corrected chi connectivity index (χ1v) is 10.9. The van der Waals surface area contributed by atoms with E-state index in [1.165, 1.54) is 35.1 Å². The van der Waals surface area contributed by atoms with Crippen molar-refractivity contribution in [1.29, 1.82) is 0 Å². The van der Waals surface area contributed by atoms with Crippen LogP contribution in [0.1, 0.15) is 53.0 Å². The van der Waals surface area contributed by atoms with Crippen LogP contribution in [0.15, 0.2) is 65.1 Å². The van der Waals surface area contributed by atoms with Gasteiger partial charge in [0.2, 0.25) is 0 Å². The molecule has 2 nitrogen and oxygen atoms in total. The molecule has 0 aromatic heterocycles. The third kappa shape index (κ3) is 2.39. The lowest BCUT2D eigenvalue weighted by Gasteiger charge is -2.47. The molecule has 0 N–H and O–H groups in total. The van der Waals surface area contributed by atoms with Crippen LogP contribution in [0.5, 0.6) is 11.5 Å². The van der Waals surface area contributed by atoms with Crippen molar-refractivity contribution in [2.75, 3.05) is 0 Å². The Kier molecular flexibility index (Phi) is 3.64. The van der Waals surface area contributed by atoms with Gasteiger partial charge < -0.3 is 9.47 Å². The zero-order valence-corrected chi connectivity index (χ0v) is 17.2. The van der Waals surface area contributed by atoms with E-state index in [0.29, 0.717) is 0 Å². The monoisotopic (exact) mass is 432 g/mol. The molecule has 0 spiro atoms. The first-order chi connectivity index (χ1) is 13.7. The summed E-state index contributed by atoms with van der Waals surface area (Å²) in [6, 6.07) is 21.4. The molecule has 3 aromatic rings. The molecule has 0 saturated carbocycles. The summed E-state index contributed by atoms with van der Waals surface area (Å²) in [7, 11) is 0. The van der Waals surface area contributed by atoms with Crippen LogP contribution in [0.25, 0.3) is 0 Å². The number of benzene rings is 3. The van der Waals surface area contributed by atoms with Gasteiger partial charge in [-0.15, -0.1) is 0 Å². The molecular weight excluding hydrogens is 412 g/mol. The summed E-state index contributed by atoms with van der Waals surface area (Å²) in [6.07, 6.45) is 5.55. The zero-order valence-electron chi connectivity index (χ0n) is 15.6. The number of halogens is 1. The van der Waals surface area contributed by atoms with Gasteiger partial charge in [0.05, 0.1) is 0 Å². The first kappa shape index (κ1) is 16.7. The van der Waals surface area contributed by atoms with Crippen LogP contribution < -0.4 is 9.47 Å². The quantitative estimate of drug-likeness (QED) is 0.437. The van der Waals surface area contributed by atoms with Crippen LogP contribution in [0.4, 0.5) is 0 Å². The summed E-state index contributed by atoms with van der Waals surface area (Å²) >= 11 is 3.65. The predicted octanol–water partition coefficient (Wildman–Crippen LogP) is 6.49. The third-order valence-electron chi connectivity index (χ3n) is 6.46. The molecule has 2 aliphatic heterocycles. The molecule has 140 valence electrons. The summed E-state index contributed by atoms with van der Waals surface area (Å²) in [5, 5.41) is 0. The summed E-state index contributed by atoms with van der Waals surface area (Å²) in [5.74, 6) is 1.51. The lowest BCUT2D eigenvalue weighted by atomic mass is 9.76.